The summed E-state index contributed by atoms with van der Waals surface area (Å²) < 4.78 is 0. The number of hydrogen-bond donors (Lipinski definition) is 0. The van der Waals surface area contributed by atoms with Gasteiger partial charge in [-0.05, 0) is 17.9 Å². The second-order valence-corrected chi connectivity index (χ2v) is 3.17. The molecule has 0 atom stereocenters. The second-order valence-electron chi connectivity index (χ2n) is 2.17. The van der Waals surface area contributed by atoms with Crippen LogP contribution < -0.4 is 0 Å². The molecule has 2 heteroatoms. The van der Waals surface area contributed by atoms with Crippen molar-refractivity contribution in [1.29, 1.82) is 0 Å². The van der Waals surface area contributed by atoms with E-state index in [4.69, 9.17) is 0 Å². The number of rotatable bonds is 3. The predicted molar refractivity (Wildman–Crippen MR) is 43.7 cm³/mol. The van der Waals surface area contributed by atoms with Gasteiger partial charge in [0.1, 0.15) is 0 Å². The van der Waals surface area contributed by atoms with Crippen molar-refractivity contribution in [2.24, 2.45) is 0 Å². The van der Waals surface area contributed by atoms with E-state index in [0.29, 0.717) is 0 Å². The monoisotopic (exact) mass is 154 g/mol. The topological polar surface area (TPSA) is 17.1 Å². The Kier molecular flexibility index (Phi) is 2.63. The first-order valence-electron chi connectivity index (χ1n) is 3.40. The average Bonchev–Trinajstić information content (AvgIpc) is 2.36. The van der Waals surface area contributed by atoms with Crippen molar-refractivity contribution in [3.63, 3.8) is 0 Å². The lowest BCUT2D eigenvalue weighted by molar-refractivity contribution is 0.112. The summed E-state index contributed by atoms with van der Waals surface area (Å²) in [4.78, 5) is 11.6. The van der Waals surface area contributed by atoms with Crippen LogP contribution in [0.2, 0.25) is 0 Å². The third-order valence-electron chi connectivity index (χ3n) is 1.38. The van der Waals surface area contributed by atoms with Gasteiger partial charge in [0.25, 0.3) is 0 Å². The van der Waals surface area contributed by atoms with Crippen molar-refractivity contribution in [1.82, 2.24) is 0 Å². The Hall–Kier alpha value is -0.630. The highest BCUT2D eigenvalue weighted by Crippen LogP contribution is 2.16. The van der Waals surface area contributed by atoms with Gasteiger partial charge in [0, 0.05) is 10.4 Å². The average molecular weight is 154 g/mol. The van der Waals surface area contributed by atoms with Gasteiger partial charge >= 0.3 is 0 Å². The summed E-state index contributed by atoms with van der Waals surface area (Å²) in [5.41, 5.74) is 0.867. The molecular weight excluding hydrogens is 144 g/mol. The molecule has 0 fully saturated rings. The molecule has 1 rings (SSSR count). The summed E-state index contributed by atoms with van der Waals surface area (Å²) in [7, 11) is 0. The maximum Gasteiger partial charge on any atom is 0.151 e. The molecule has 1 heterocycles. The van der Waals surface area contributed by atoms with Gasteiger partial charge in [-0.2, -0.15) is 0 Å². The normalized spacial score (nSPS) is 9.70. The van der Waals surface area contributed by atoms with Crippen LogP contribution in [-0.4, -0.2) is 6.29 Å². The van der Waals surface area contributed by atoms with Gasteiger partial charge in [-0.15, -0.1) is 11.3 Å². The molecule has 0 aliphatic heterocycles. The molecule has 1 nitrogen and oxygen atoms in total. The molecule has 0 spiro atoms. The van der Waals surface area contributed by atoms with Crippen LogP contribution in [0.1, 0.15) is 28.6 Å². The third kappa shape index (κ3) is 1.45. The predicted octanol–water partition coefficient (Wildman–Crippen LogP) is 2.51. The second kappa shape index (κ2) is 3.52. The summed E-state index contributed by atoms with van der Waals surface area (Å²) in [5, 5.41) is 1.97. The maximum absolute atomic E-state index is 10.4. The van der Waals surface area contributed by atoms with Gasteiger partial charge in [-0.25, -0.2) is 0 Å². The molecule has 54 valence electrons. The zero-order valence-corrected chi connectivity index (χ0v) is 6.78. The van der Waals surface area contributed by atoms with Crippen LogP contribution in [0.3, 0.4) is 0 Å². The summed E-state index contributed by atoms with van der Waals surface area (Å²) in [6, 6.07) is 1.88. The van der Waals surface area contributed by atoms with E-state index in [0.717, 1.165) is 24.7 Å². The molecule has 10 heavy (non-hydrogen) atoms. The van der Waals surface area contributed by atoms with Crippen molar-refractivity contribution < 1.29 is 4.79 Å². The molecule has 0 aliphatic carbocycles. The van der Waals surface area contributed by atoms with Gasteiger partial charge in [-0.1, -0.05) is 13.3 Å². The zero-order valence-electron chi connectivity index (χ0n) is 5.96. The largest absolute Gasteiger partial charge is 0.298 e. The number of carbonyl (C=O) groups is 1. The fourth-order valence-electron chi connectivity index (χ4n) is 0.886. The Morgan fingerprint density at radius 1 is 1.70 bits per heavy atom. The molecule has 1 aromatic heterocycles. The van der Waals surface area contributed by atoms with Crippen molar-refractivity contribution in [2.75, 3.05) is 0 Å². The van der Waals surface area contributed by atoms with E-state index >= 15 is 0 Å². The van der Waals surface area contributed by atoms with E-state index in [9.17, 15) is 4.79 Å². The number of aryl methyl sites for hydroxylation is 1. The minimum absolute atomic E-state index is 0.867. The van der Waals surface area contributed by atoms with Crippen LogP contribution in [-0.2, 0) is 6.42 Å². The van der Waals surface area contributed by atoms with Gasteiger partial charge in [0.05, 0.1) is 0 Å². The lowest BCUT2D eigenvalue weighted by Crippen LogP contribution is -1.83. The standard InChI is InChI=1S/C8H10OS/c1-2-3-8-7(6-9)4-5-10-8/h4-6H,2-3H2,1H3. The van der Waals surface area contributed by atoms with E-state index in [1.54, 1.807) is 11.3 Å². The summed E-state index contributed by atoms with van der Waals surface area (Å²) in [6.07, 6.45) is 3.08. The molecule has 0 saturated heterocycles. The van der Waals surface area contributed by atoms with E-state index in [1.807, 2.05) is 11.4 Å². The maximum atomic E-state index is 10.4. The van der Waals surface area contributed by atoms with E-state index in [2.05, 4.69) is 6.92 Å². The molecule has 0 radical (unpaired) electrons. The lowest BCUT2D eigenvalue weighted by atomic mass is 10.2. The van der Waals surface area contributed by atoms with Crippen LogP contribution >= 0.6 is 11.3 Å². The first-order valence-corrected chi connectivity index (χ1v) is 4.28. The summed E-state index contributed by atoms with van der Waals surface area (Å²) in [5.74, 6) is 0. The number of aldehydes is 1. The van der Waals surface area contributed by atoms with Gasteiger partial charge < -0.3 is 0 Å². The lowest BCUT2D eigenvalue weighted by Gasteiger charge is -1.91. The summed E-state index contributed by atoms with van der Waals surface area (Å²) >= 11 is 1.67. The van der Waals surface area contributed by atoms with Crippen molar-refractivity contribution in [2.45, 2.75) is 19.8 Å². The highest BCUT2D eigenvalue weighted by atomic mass is 32.1. The highest BCUT2D eigenvalue weighted by molar-refractivity contribution is 7.10. The Morgan fingerprint density at radius 3 is 3.10 bits per heavy atom. The van der Waals surface area contributed by atoms with E-state index in [1.165, 1.54) is 4.88 Å². The fourth-order valence-corrected chi connectivity index (χ4v) is 1.84. The van der Waals surface area contributed by atoms with Gasteiger partial charge in [-0.3, -0.25) is 4.79 Å². The molecule has 0 aromatic carbocycles. The minimum atomic E-state index is 0.867. The van der Waals surface area contributed by atoms with Crippen molar-refractivity contribution in [3.05, 3.63) is 21.9 Å². The van der Waals surface area contributed by atoms with E-state index < -0.39 is 0 Å². The molecule has 0 bridgehead atoms. The number of carbonyl (C=O) groups excluding carboxylic acids is 1. The molecule has 0 amide bonds. The first-order chi connectivity index (χ1) is 4.88. The van der Waals surface area contributed by atoms with Crippen molar-refractivity contribution in [3.8, 4) is 0 Å². The Bertz CT molecular complexity index is 215. The smallest absolute Gasteiger partial charge is 0.151 e. The van der Waals surface area contributed by atoms with Crippen LogP contribution in [0.25, 0.3) is 0 Å². The third-order valence-corrected chi connectivity index (χ3v) is 2.38. The Labute approximate surface area is 64.7 Å². The van der Waals surface area contributed by atoms with E-state index in [-0.39, 0.29) is 0 Å². The van der Waals surface area contributed by atoms with Gasteiger partial charge in [0.15, 0.2) is 6.29 Å². The molecule has 0 N–H and O–H groups in total. The fraction of sp³-hybridized carbons (Fsp3) is 0.375. The first kappa shape index (κ1) is 7.48. The Morgan fingerprint density at radius 2 is 2.50 bits per heavy atom. The Balaban J connectivity index is 2.79. The number of hydrogen-bond acceptors (Lipinski definition) is 2. The quantitative estimate of drug-likeness (QED) is 0.611. The van der Waals surface area contributed by atoms with Crippen LogP contribution in [0.4, 0.5) is 0 Å². The minimum Gasteiger partial charge on any atom is -0.298 e. The van der Waals surface area contributed by atoms with Crippen LogP contribution in [0.15, 0.2) is 11.4 Å². The van der Waals surface area contributed by atoms with Crippen LogP contribution in [0, 0.1) is 0 Å². The molecule has 0 aliphatic rings. The van der Waals surface area contributed by atoms with Crippen molar-refractivity contribution >= 4 is 17.6 Å². The SMILES string of the molecule is CCCc1sccc1C=O. The zero-order chi connectivity index (χ0) is 7.40. The number of thiophene rings is 1. The van der Waals surface area contributed by atoms with Gasteiger partial charge in [0.2, 0.25) is 0 Å². The molecule has 0 unspecified atom stereocenters. The molecule has 1 aromatic rings. The summed E-state index contributed by atoms with van der Waals surface area (Å²) in [6.45, 7) is 2.12. The molecular formula is C8H10OS. The highest BCUT2D eigenvalue weighted by Gasteiger charge is 1.99. The van der Waals surface area contributed by atoms with Crippen LogP contribution in [0.5, 0.6) is 0 Å². The molecule has 0 saturated carbocycles.